The Bertz CT molecular complexity index is 848. The van der Waals surface area contributed by atoms with Crippen LogP contribution in [0.25, 0.3) is 0 Å². The second-order valence-corrected chi connectivity index (χ2v) is 7.20. The van der Waals surface area contributed by atoms with E-state index < -0.39 is 42.2 Å². The fourth-order valence-corrected chi connectivity index (χ4v) is 3.19. The summed E-state index contributed by atoms with van der Waals surface area (Å²) in [5.41, 5.74) is -0.0779. The molecular weight excluding hydrogens is 448 g/mol. The number of carboxylic acids is 1. The minimum Gasteiger partial charge on any atom is -0.481 e. The van der Waals surface area contributed by atoms with Gasteiger partial charge in [-0.3, -0.25) is 4.79 Å². The zero-order valence-electron chi connectivity index (χ0n) is 20.6. The number of hydrogen-bond donors (Lipinski definition) is 1. The number of rotatable bonds is 14. The first-order valence-electron chi connectivity index (χ1n) is 10.8. The van der Waals surface area contributed by atoms with E-state index in [1.807, 2.05) is 13.8 Å². The molecule has 10 heteroatoms. The maximum Gasteiger partial charge on any atom is 0.338 e. The van der Waals surface area contributed by atoms with Gasteiger partial charge in [-0.05, 0) is 31.6 Å². The average molecular weight is 483 g/mol. The molecule has 1 N–H and O–H groups in total. The molecule has 0 aromatic carbocycles. The van der Waals surface area contributed by atoms with Gasteiger partial charge >= 0.3 is 29.8 Å². The van der Waals surface area contributed by atoms with Crippen LogP contribution in [0.5, 0.6) is 0 Å². The summed E-state index contributed by atoms with van der Waals surface area (Å²) in [6.07, 6.45) is 3.58. The molecule has 0 spiro atoms. The molecule has 0 fully saturated rings. The quantitative estimate of drug-likeness (QED) is 0.170. The van der Waals surface area contributed by atoms with Crippen molar-refractivity contribution in [1.82, 2.24) is 0 Å². The maximum atomic E-state index is 12.6. The minimum atomic E-state index is -1.15. The van der Waals surface area contributed by atoms with Gasteiger partial charge in [0.2, 0.25) is 0 Å². The molecule has 0 aromatic heterocycles. The molecule has 0 bridgehead atoms. The predicted molar refractivity (Wildman–Crippen MR) is 121 cm³/mol. The topological polar surface area (TPSA) is 143 Å². The van der Waals surface area contributed by atoms with Crippen molar-refractivity contribution in [3.05, 3.63) is 34.4 Å². The molecule has 0 aliphatic carbocycles. The average Bonchev–Trinajstić information content (AvgIpc) is 2.84. The van der Waals surface area contributed by atoms with Gasteiger partial charge in [0.25, 0.3) is 0 Å². The summed E-state index contributed by atoms with van der Waals surface area (Å²) in [6, 6.07) is 0. The number of carbonyl (C=O) groups excluding carboxylic acids is 4. The van der Waals surface area contributed by atoms with E-state index in [9.17, 15) is 24.0 Å². The molecule has 0 rings (SSSR count). The van der Waals surface area contributed by atoms with Gasteiger partial charge in [0, 0.05) is 17.6 Å². The van der Waals surface area contributed by atoms with Crippen molar-refractivity contribution in [2.24, 2.45) is 5.92 Å². The van der Waals surface area contributed by atoms with Crippen molar-refractivity contribution in [3.8, 4) is 0 Å². The SMILES string of the molecule is CC/C=C/C(C(=O)OC)=C(/CC(CC)C/C(C(=O)OC)=C(\CCC(=O)O)C(=O)OC)C(=O)OC. The third-order valence-corrected chi connectivity index (χ3v) is 5.06. The first kappa shape index (κ1) is 30.6. The van der Waals surface area contributed by atoms with Crippen LogP contribution in [-0.2, 0) is 42.9 Å². The molecule has 10 nitrogen and oxygen atoms in total. The summed E-state index contributed by atoms with van der Waals surface area (Å²) in [4.78, 5) is 60.9. The molecule has 1 unspecified atom stereocenters. The third-order valence-electron chi connectivity index (χ3n) is 5.06. The van der Waals surface area contributed by atoms with E-state index in [0.717, 1.165) is 14.2 Å². The summed E-state index contributed by atoms with van der Waals surface area (Å²) in [5, 5.41) is 9.04. The molecule has 0 aliphatic heterocycles. The fraction of sp³-hybridized carbons (Fsp3) is 0.542. The Hall–Kier alpha value is -3.43. The van der Waals surface area contributed by atoms with Gasteiger partial charge in [-0.15, -0.1) is 0 Å². The number of carboxylic acid groups (broad SMARTS) is 1. The van der Waals surface area contributed by atoms with E-state index in [2.05, 4.69) is 0 Å². The largest absolute Gasteiger partial charge is 0.481 e. The van der Waals surface area contributed by atoms with Gasteiger partial charge < -0.3 is 24.1 Å². The molecule has 0 heterocycles. The van der Waals surface area contributed by atoms with Crippen molar-refractivity contribution < 1.29 is 48.0 Å². The van der Waals surface area contributed by atoms with E-state index in [1.54, 1.807) is 6.08 Å². The molecule has 0 amide bonds. The van der Waals surface area contributed by atoms with E-state index in [4.69, 9.17) is 24.1 Å². The fourth-order valence-electron chi connectivity index (χ4n) is 3.19. The summed E-state index contributed by atoms with van der Waals surface area (Å²) < 4.78 is 19.3. The second-order valence-electron chi connectivity index (χ2n) is 7.20. The minimum absolute atomic E-state index is 0.0234. The van der Waals surface area contributed by atoms with Crippen LogP contribution >= 0.6 is 0 Å². The van der Waals surface area contributed by atoms with Crippen molar-refractivity contribution in [1.29, 1.82) is 0 Å². The van der Waals surface area contributed by atoms with Crippen molar-refractivity contribution in [2.75, 3.05) is 28.4 Å². The van der Waals surface area contributed by atoms with Gasteiger partial charge in [-0.25, -0.2) is 19.2 Å². The predicted octanol–water partition coefficient (Wildman–Crippen LogP) is 2.91. The van der Waals surface area contributed by atoms with Gasteiger partial charge in [0.15, 0.2) is 0 Å². The van der Waals surface area contributed by atoms with Gasteiger partial charge in [0.05, 0.1) is 39.6 Å². The van der Waals surface area contributed by atoms with Crippen molar-refractivity contribution >= 4 is 29.8 Å². The van der Waals surface area contributed by atoms with E-state index in [1.165, 1.54) is 20.3 Å². The molecule has 0 saturated carbocycles. The first-order valence-corrected chi connectivity index (χ1v) is 10.8. The number of allylic oxidation sites excluding steroid dienone is 1. The molecule has 1 atom stereocenters. The summed E-state index contributed by atoms with van der Waals surface area (Å²) in [5.74, 6) is -4.68. The van der Waals surface area contributed by atoms with Crippen LogP contribution < -0.4 is 0 Å². The molecule has 34 heavy (non-hydrogen) atoms. The molecule has 0 saturated heterocycles. The number of aliphatic carboxylic acids is 1. The standard InChI is InChI=1S/C24H34O10/c1-7-9-10-16(21(27)31-3)18(23(29)33-5)13-15(8-2)14-19(24(30)34-6)17(22(28)32-4)11-12-20(25)26/h9-10,15H,7-8,11-14H2,1-6H3,(H,25,26)/b10-9+,18-16+,19-17-. The Balaban J connectivity index is 6.58. The lowest BCUT2D eigenvalue weighted by Crippen LogP contribution is -2.20. The van der Waals surface area contributed by atoms with Crippen LogP contribution in [0, 0.1) is 5.92 Å². The third kappa shape index (κ3) is 9.60. The smallest absolute Gasteiger partial charge is 0.338 e. The highest BCUT2D eigenvalue weighted by Crippen LogP contribution is 2.29. The Labute approximate surface area is 199 Å². The van der Waals surface area contributed by atoms with Gasteiger partial charge in [-0.1, -0.05) is 32.4 Å². The number of methoxy groups -OCH3 is 4. The Morgan fingerprint density at radius 1 is 0.706 bits per heavy atom. The van der Waals surface area contributed by atoms with Gasteiger partial charge in [0.1, 0.15) is 0 Å². The van der Waals surface area contributed by atoms with Crippen LogP contribution in [0.4, 0.5) is 0 Å². The van der Waals surface area contributed by atoms with E-state index in [0.29, 0.717) is 12.8 Å². The lowest BCUT2D eigenvalue weighted by Gasteiger charge is -2.20. The molecule has 0 radical (unpaired) electrons. The van der Waals surface area contributed by atoms with E-state index >= 15 is 0 Å². The maximum absolute atomic E-state index is 12.6. The molecule has 190 valence electrons. The van der Waals surface area contributed by atoms with Crippen molar-refractivity contribution in [3.63, 3.8) is 0 Å². The lowest BCUT2D eigenvalue weighted by molar-refractivity contribution is -0.140. The first-order chi connectivity index (χ1) is 16.1. The summed E-state index contributed by atoms with van der Waals surface area (Å²) >= 11 is 0. The highest BCUT2D eigenvalue weighted by Gasteiger charge is 2.28. The number of carbonyl (C=O) groups is 5. The van der Waals surface area contributed by atoms with Crippen LogP contribution in [-0.4, -0.2) is 63.4 Å². The zero-order valence-corrected chi connectivity index (χ0v) is 20.6. The number of esters is 4. The summed E-state index contributed by atoms with van der Waals surface area (Å²) in [7, 11) is 4.64. The Kier molecular flexibility index (Phi) is 14.6. The normalized spacial score (nSPS) is 13.4. The highest BCUT2D eigenvalue weighted by atomic mass is 16.5. The summed E-state index contributed by atoms with van der Waals surface area (Å²) in [6.45, 7) is 3.67. The Morgan fingerprint density at radius 3 is 1.62 bits per heavy atom. The molecule has 0 aliphatic rings. The zero-order chi connectivity index (χ0) is 26.3. The Morgan fingerprint density at radius 2 is 1.18 bits per heavy atom. The van der Waals surface area contributed by atoms with Crippen LogP contribution in [0.1, 0.15) is 52.4 Å². The number of hydrogen-bond acceptors (Lipinski definition) is 9. The molecular formula is C24H34O10. The van der Waals surface area contributed by atoms with Crippen LogP contribution in [0.3, 0.4) is 0 Å². The van der Waals surface area contributed by atoms with Gasteiger partial charge in [-0.2, -0.15) is 0 Å². The van der Waals surface area contributed by atoms with Crippen LogP contribution in [0.2, 0.25) is 0 Å². The lowest BCUT2D eigenvalue weighted by atomic mass is 9.86. The monoisotopic (exact) mass is 482 g/mol. The van der Waals surface area contributed by atoms with Crippen LogP contribution in [0.15, 0.2) is 34.4 Å². The second kappa shape index (κ2) is 16.2. The number of ether oxygens (including phenoxy) is 4. The van der Waals surface area contributed by atoms with Crippen molar-refractivity contribution in [2.45, 2.75) is 52.4 Å². The molecule has 0 aromatic rings. The van der Waals surface area contributed by atoms with E-state index in [-0.39, 0.29) is 41.6 Å². The highest BCUT2D eigenvalue weighted by molar-refractivity contribution is 6.03.